The van der Waals surface area contributed by atoms with Gasteiger partial charge in [0.05, 0.1) is 16.6 Å². The highest BCUT2D eigenvalue weighted by Crippen LogP contribution is 2.21. The molecule has 0 atom stereocenters. The maximum atomic E-state index is 13.3. The predicted molar refractivity (Wildman–Crippen MR) is 55.0 cm³/mol. The van der Waals surface area contributed by atoms with Crippen LogP contribution in [0.25, 0.3) is 0 Å². The average Bonchev–Trinajstić information content (AvgIpc) is 2.26. The number of Topliss-reactive ketones (excluding diaryl/α,β-unsaturated/α-hetero) is 1. The molecule has 0 heterocycles. The molecular weight excluding hydrogens is 286 g/mol. The lowest BCUT2D eigenvalue weighted by atomic mass is 10.1. The van der Waals surface area contributed by atoms with Crippen LogP contribution >= 0.6 is 15.9 Å². The summed E-state index contributed by atoms with van der Waals surface area (Å²) in [7, 11) is 0. The van der Waals surface area contributed by atoms with Crippen LogP contribution in [0.3, 0.4) is 0 Å². The normalized spacial score (nSPS) is 10.0. The number of hydrogen-bond donors (Lipinski definition) is 0. The molecule has 3 nitrogen and oxygen atoms in total. The van der Waals surface area contributed by atoms with Gasteiger partial charge >= 0.3 is 5.97 Å². The lowest BCUT2D eigenvalue weighted by molar-refractivity contribution is -0.137. The third-order valence-electron chi connectivity index (χ3n) is 1.74. The molecule has 0 unspecified atom stereocenters. The lowest BCUT2D eigenvalue weighted by Gasteiger charge is -2.03. The second-order valence-electron chi connectivity index (χ2n) is 2.77. The fourth-order valence-electron chi connectivity index (χ4n) is 1.01. The Morgan fingerprint density at radius 2 is 1.94 bits per heavy atom. The van der Waals surface area contributed by atoms with E-state index in [0.29, 0.717) is 0 Å². The molecule has 0 radical (unpaired) electrons. The third-order valence-corrected chi connectivity index (χ3v) is 2.35. The number of esters is 1. The standard InChI is InChI=1S/C10H7BrF2O3/c1-2-16-10(15)9(14)5-3-4-6(11)8(13)7(5)12/h3-4H,2H2,1H3. The summed E-state index contributed by atoms with van der Waals surface area (Å²) in [6.45, 7) is 1.49. The van der Waals surface area contributed by atoms with Gasteiger partial charge in [0.1, 0.15) is 0 Å². The summed E-state index contributed by atoms with van der Waals surface area (Å²) in [6.07, 6.45) is 0. The zero-order valence-electron chi connectivity index (χ0n) is 8.22. The molecule has 6 heteroatoms. The molecule has 0 fully saturated rings. The third kappa shape index (κ3) is 2.44. The van der Waals surface area contributed by atoms with Crippen LogP contribution in [0.15, 0.2) is 16.6 Å². The zero-order valence-corrected chi connectivity index (χ0v) is 9.81. The van der Waals surface area contributed by atoms with Gasteiger partial charge in [-0.3, -0.25) is 4.79 Å². The maximum absolute atomic E-state index is 13.3. The second kappa shape index (κ2) is 5.16. The number of carbonyl (C=O) groups is 2. The summed E-state index contributed by atoms with van der Waals surface area (Å²) in [5.41, 5.74) is -0.640. The number of hydrogen-bond acceptors (Lipinski definition) is 3. The van der Waals surface area contributed by atoms with Crippen molar-refractivity contribution in [2.45, 2.75) is 6.92 Å². The van der Waals surface area contributed by atoms with Crippen molar-refractivity contribution in [2.24, 2.45) is 0 Å². The molecule has 0 aliphatic carbocycles. The van der Waals surface area contributed by atoms with Gasteiger partial charge in [-0.2, -0.15) is 0 Å². The van der Waals surface area contributed by atoms with E-state index in [0.717, 1.165) is 12.1 Å². The van der Waals surface area contributed by atoms with E-state index >= 15 is 0 Å². The summed E-state index contributed by atoms with van der Waals surface area (Å²) in [5, 5.41) is 0. The Bertz CT molecular complexity index is 446. The zero-order chi connectivity index (χ0) is 12.3. The fourth-order valence-corrected chi connectivity index (χ4v) is 1.31. The van der Waals surface area contributed by atoms with Crippen LogP contribution in [0.4, 0.5) is 8.78 Å². The largest absolute Gasteiger partial charge is 0.460 e. The fraction of sp³-hybridized carbons (Fsp3) is 0.200. The van der Waals surface area contributed by atoms with Crippen molar-refractivity contribution < 1.29 is 23.1 Å². The Balaban J connectivity index is 3.10. The second-order valence-corrected chi connectivity index (χ2v) is 3.63. The molecule has 16 heavy (non-hydrogen) atoms. The molecule has 1 aromatic rings. The summed E-state index contributed by atoms with van der Waals surface area (Å²) < 4.78 is 30.6. The molecule has 0 aliphatic rings. The van der Waals surface area contributed by atoms with Crippen molar-refractivity contribution >= 4 is 27.7 Å². The van der Waals surface area contributed by atoms with Gasteiger partial charge in [-0.15, -0.1) is 0 Å². The van der Waals surface area contributed by atoms with Gasteiger partial charge in [-0.05, 0) is 35.0 Å². The number of benzene rings is 1. The van der Waals surface area contributed by atoms with E-state index in [9.17, 15) is 18.4 Å². The molecule has 0 aromatic heterocycles. The lowest BCUT2D eigenvalue weighted by Crippen LogP contribution is -2.19. The van der Waals surface area contributed by atoms with E-state index in [-0.39, 0.29) is 11.1 Å². The van der Waals surface area contributed by atoms with Gasteiger partial charge in [-0.1, -0.05) is 0 Å². The van der Waals surface area contributed by atoms with E-state index in [4.69, 9.17) is 0 Å². The Morgan fingerprint density at radius 1 is 1.31 bits per heavy atom. The summed E-state index contributed by atoms with van der Waals surface area (Å²) in [5.74, 6) is -4.99. The molecule has 0 saturated carbocycles. The number of halogens is 3. The predicted octanol–water partition coefficient (Wildman–Crippen LogP) is 2.47. The highest BCUT2D eigenvalue weighted by molar-refractivity contribution is 9.10. The molecule has 0 N–H and O–H groups in total. The molecule has 1 aromatic carbocycles. The molecule has 86 valence electrons. The number of ether oxygens (including phenoxy) is 1. The van der Waals surface area contributed by atoms with Gasteiger partial charge in [-0.25, -0.2) is 13.6 Å². The first-order chi connectivity index (χ1) is 7.49. The number of carbonyl (C=O) groups excluding carboxylic acids is 2. The number of rotatable bonds is 3. The minimum absolute atomic E-state index is 0.00873. The Labute approximate surface area is 98.5 Å². The first kappa shape index (κ1) is 12.8. The Morgan fingerprint density at radius 3 is 2.50 bits per heavy atom. The Hall–Kier alpha value is -1.30. The van der Waals surface area contributed by atoms with Crippen molar-refractivity contribution in [2.75, 3.05) is 6.61 Å². The van der Waals surface area contributed by atoms with Gasteiger partial charge in [0.25, 0.3) is 5.78 Å². The summed E-state index contributed by atoms with van der Waals surface area (Å²) in [4.78, 5) is 22.3. The quantitative estimate of drug-likeness (QED) is 0.372. The van der Waals surface area contributed by atoms with Crippen LogP contribution in [0.2, 0.25) is 0 Å². The van der Waals surface area contributed by atoms with Crippen LogP contribution < -0.4 is 0 Å². The van der Waals surface area contributed by atoms with Crippen LogP contribution in [0, 0.1) is 11.6 Å². The minimum Gasteiger partial charge on any atom is -0.460 e. The van der Waals surface area contributed by atoms with E-state index in [1.54, 1.807) is 0 Å². The van der Waals surface area contributed by atoms with Gasteiger partial charge in [0.15, 0.2) is 11.6 Å². The van der Waals surface area contributed by atoms with E-state index in [2.05, 4.69) is 20.7 Å². The Kier molecular flexibility index (Phi) is 4.12. The maximum Gasteiger partial charge on any atom is 0.379 e. The SMILES string of the molecule is CCOC(=O)C(=O)c1ccc(Br)c(F)c1F. The smallest absolute Gasteiger partial charge is 0.379 e. The highest BCUT2D eigenvalue weighted by Gasteiger charge is 2.24. The van der Waals surface area contributed by atoms with E-state index in [1.165, 1.54) is 6.92 Å². The topological polar surface area (TPSA) is 43.4 Å². The van der Waals surface area contributed by atoms with Crippen molar-refractivity contribution in [3.05, 3.63) is 33.8 Å². The molecule has 0 bridgehead atoms. The molecule has 1 rings (SSSR count). The van der Waals surface area contributed by atoms with Crippen LogP contribution in [0.5, 0.6) is 0 Å². The first-order valence-electron chi connectivity index (χ1n) is 4.34. The summed E-state index contributed by atoms with van der Waals surface area (Å²) in [6, 6.07) is 2.16. The molecule has 0 amide bonds. The molecule has 0 spiro atoms. The first-order valence-corrected chi connectivity index (χ1v) is 5.13. The average molecular weight is 293 g/mol. The highest BCUT2D eigenvalue weighted by atomic mass is 79.9. The van der Waals surface area contributed by atoms with E-state index in [1.807, 2.05) is 0 Å². The van der Waals surface area contributed by atoms with E-state index < -0.39 is 29.0 Å². The molecule has 0 aliphatic heterocycles. The van der Waals surface area contributed by atoms with Crippen molar-refractivity contribution in [3.8, 4) is 0 Å². The number of ketones is 1. The van der Waals surface area contributed by atoms with Gasteiger partial charge in [0.2, 0.25) is 0 Å². The van der Waals surface area contributed by atoms with Crippen LogP contribution in [-0.2, 0) is 9.53 Å². The van der Waals surface area contributed by atoms with Crippen LogP contribution in [-0.4, -0.2) is 18.4 Å². The van der Waals surface area contributed by atoms with Crippen molar-refractivity contribution in [1.29, 1.82) is 0 Å². The minimum atomic E-state index is -1.37. The van der Waals surface area contributed by atoms with Crippen LogP contribution in [0.1, 0.15) is 17.3 Å². The van der Waals surface area contributed by atoms with Gasteiger partial charge < -0.3 is 4.74 Å². The van der Waals surface area contributed by atoms with Crippen molar-refractivity contribution in [3.63, 3.8) is 0 Å². The summed E-state index contributed by atoms with van der Waals surface area (Å²) >= 11 is 2.75. The molecular formula is C10H7BrF2O3. The molecule has 0 saturated heterocycles. The monoisotopic (exact) mass is 292 g/mol. The van der Waals surface area contributed by atoms with Crippen molar-refractivity contribution in [1.82, 2.24) is 0 Å². The van der Waals surface area contributed by atoms with Gasteiger partial charge in [0, 0.05) is 0 Å².